The van der Waals surface area contributed by atoms with Crippen LogP contribution in [0.3, 0.4) is 0 Å². The highest BCUT2D eigenvalue weighted by Crippen LogP contribution is 2.26. The smallest absolute Gasteiger partial charge is 0.264 e. The van der Waals surface area contributed by atoms with Crippen molar-refractivity contribution in [1.29, 1.82) is 0 Å². The number of sulfonamides is 1. The third-order valence-electron chi connectivity index (χ3n) is 5.20. The van der Waals surface area contributed by atoms with Crippen LogP contribution in [0, 0.1) is 6.92 Å². The molecule has 32 heavy (non-hydrogen) atoms. The minimum absolute atomic E-state index is 0.127. The van der Waals surface area contributed by atoms with E-state index >= 15 is 0 Å². The lowest BCUT2D eigenvalue weighted by Crippen LogP contribution is -2.42. The molecule has 1 N–H and O–H groups in total. The second-order valence-corrected chi connectivity index (χ2v) is 9.32. The molecule has 0 aliphatic heterocycles. The third kappa shape index (κ3) is 5.48. The zero-order valence-corrected chi connectivity index (χ0v) is 19.3. The first-order valence-corrected chi connectivity index (χ1v) is 11.9. The van der Waals surface area contributed by atoms with Gasteiger partial charge in [-0.15, -0.1) is 0 Å². The van der Waals surface area contributed by atoms with E-state index in [0.717, 1.165) is 15.4 Å². The van der Waals surface area contributed by atoms with Crippen molar-refractivity contribution in [2.24, 2.45) is 0 Å². The van der Waals surface area contributed by atoms with Crippen LogP contribution < -0.4 is 14.4 Å². The summed E-state index contributed by atoms with van der Waals surface area (Å²) < 4.78 is 33.3. The Bertz CT molecular complexity index is 1130. The topological polar surface area (TPSA) is 75.7 Å². The number of amides is 1. The van der Waals surface area contributed by atoms with Gasteiger partial charge in [0, 0.05) is 0 Å². The standard InChI is InChI=1S/C25H28N2O4S/c1-4-24(20-8-6-5-7-9-20)26-25(28)18-27(21-12-14-22(31-3)15-13-21)32(29,30)23-16-10-19(2)11-17-23/h5-17,24H,4,18H2,1-3H3,(H,26,28). The lowest BCUT2D eigenvalue weighted by Gasteiger charge is -2.26. The Morgan fingerprint density at radius 2 is 1.59 bits per heavy atom. The summed E-state index contributed by atoms with van der Waals surface area (Å²) in [5.74, 6) is 0.216. The molecule has 0 bridgehead atoms. The zero-order chi connectivity index (χ0) is 23.1. The highest BCUT2D eigenvalue weighted by atomic mass is 32.2. The molecule has 0 heterocycles. The second kappa shape index (κ2) is 10.3. The summed E-state index contributed by atoms with van der Waals surface area (Å²) in [4.78, 5) is 13.1. The summed E-state index contributed by atoms with van der Waals surface area (Å²) in [7, 11) is -2.42. The SMILES string of the molecule is CCC(NC(=O)CN(c1ccc(OC)cc1)S(=O)(=O)c1ccc(C)cc1)c1ccccc1. The zero-order valence-electron chi connectivity index (χ0n) is 18.5. The molecule has 0 saturated heterocycles. The van der Waals surface area contributed by atoms with Crippen LogP contribution in [0.15, 0.2) is 83.8 Å². The van der Waals surface area contributed by atoms with Crippen LogP contribution in [0.1, 0.15) is 30.5 Å². The van der Waals surface area contributed by atoms with Crippen LogP contribution >= 0.6 is 0 Å². The number of ether oxygens (including phenoxy) is 1. The van der Waals surface area contributed by atoms with Gasteiger partial charge in [0.1, 0.15) is 12.3 Å². The van der Waals surface area contributed by atoms with Crippen molar-refractivity contribution in [1.82, 2.24) is 5.32 Å². The van der Waals surface area contributed by atoms with E-state index in [1.807, 2.05) is 44.2 Å². The Morgan fingerprint density at radius 1 is 0.969 bits per heavy atom. The van der Waals surface area contributed by atoms with E-state index in [9.17, 15) is 13.2 Å². The van der Waals surface area contributed by atoms with Gasteiger partial charge < -0.3 is 10.1 Å². The van der Waals surface area contributed by atoms with Gasteiger partial charge in [0.2, 0.25) is 5.91 Å². The van der Waals surface area contributed by atoms with Gasteiger partial charge in [-0.05, 0) is 55.3 Å². The van der Waals surface area contributed by atoms with Crippen LogP contribution in [-0.2, 0) is 14.8 Å². The number of aryl methyl sites for hydroxylation is 1. The monoisotopic (exact) mass is 452 g/mol. The number of rotatable bonds is 9. The lowest BCUT2D eigenvalue weighted by molar-refractivity contribution is -0.120. The first-order chi connectivity index (χ1) is 15.3. The van der Waals surface area contributed by atoms with Crippen LogP contribution in [0.25, 0.3) is 0 Å². The molecule has 6 nitrogen and oxygen atoms in total. The van der Waals surface area contributed by atoms with Crippen molar-refractivity contribution in [2.45, 2.75) is 31.2 Å². The quantitative estimate of drug-likeness (QED) is 0.520. The van der Waals surface area contributed by atoms with Gasteiger partial charge in [-0.3, -0.25) is 9.10 Å². The molecule has 1 unspecified atom stereocenters. The van der Waals surface area contributed by atoms with Gasteiger partial charge in [-0.1, -0.05) is 55.0 Å². The Kier molecular flexibility index (Phi) is 7.53. The third-order valence-corrected chi connectivity index (χ3v) is 6.99. The fourth-order valence-electron chi connectivity index (χ4n) is 3.38. The Morgan fingerprint density at radius 3 is 2.16 bits per heavy atom. The Hall–Kier alpha value is -3.32. The summed E-state index contributed by atoms with van der Waals surface area (Å²) in [6, 6.07) is 22.6. The van der Waals surface area contributed by atoms with Gasteiger partial charge in [-0.25, -0.2) is 8.42 Å². The number of nitrogens with zero attached hydrogens (tertiary/aromatic N) is 1. The van der Waals surface area contributed by atoms with E-state index in [1.165, 1.54) is 7.11 Å². The largest absolute Gasteiger partial charge is 0.497 e. The number of carbonyl (C=O) groups is 1. The molecule has 0 saturated carbocycles. The summed E-state index contributed by atoms with van der Waals surface area (Å²) in [5, 5.41) is 2.97. The molecular formula is C25H28N2O4S. The maximum atomic E-state index is 13.5. The number of methoxy groups -OCH3 is 1. The molecule has 1 amide bonds. The van der Waals surface area contributed by atoms with Crippen LogP contribution in [0.2, 0.25) is 0 Å². The lowest BCUT2D eigenvalue weighted by atomic mass is 10.0. The van der Waals surface area contributed by atoms with Gasteiger partial charge in [0.15, 0.2) is 0 Å². The van der Waals surface area contributed by atoms with E-state index in [-0.39, 0.29) is 23.4 Å². The highest BCUT2D eigenvalue weighted by Gasteiger charge is 2.28. The maximum absolute atomic E-state index is 13.5. The van der Waals surface area contributed by atoms with E-state index < -0.39 is 10.0 Å². The second-order valence-electron chi connectivity index (χ2n) is 7.46. The first-order valence-electron chi connectivity index (χ1n) is 10.4. The molecule has 3 aromatic rings. The summed E-state index contributed by atoms with van der Waals surface area (Å²) in [6.07, 6.45) is 0.684. The number of hydrogen-bond donors (Lipinski definition) is 1. The number of hydrogen-bond acceptors (Lipinski definition) is 4. The highest BCUT2D eigenvalue weighted by molar-refractivity contribution is 7.92. The minimum Gasteiger partial charge on any atom is -0.497 e. The number of nitrogens with one attached hydrogen (secondary N) is 1. The van der Waals surface area contributed by atoms with Crippen molar-refractivity contribution in [3.8, 4) is 5.75 Å². The minimum atomic E-state index is -3.96. The molecule has 168 valence electrons. The molecule has 0 aromatic heterocycles. The van der Waals surface area contributed by atoms with Crippen molar-refractivity contribution >= 4 is 21.6 Å². The number of anilines is 1. The fourth-order valence-corrected chi connectivity index (χ4v) is 4.80. The normalized spacial score (nSPS) is 12.1. The molecule has 0 fully saturated rings. The van der Waals surface area contributed by atoms with Crippen LogP contribution in [0.4, 0.5) is 5.69 Å². The fraction of sp³-hybridized carbons (Fsp3) is 0.240. The first kappa shape index (κ1) is 23.3. The molecule has 0 aliphatic carbocycles. The molecule has 0 radical (unpaired) electrons. The Balaban J connectivity index is 1.91. The van der Waals surface area contributed by atoms with Gasteiger partial charge >= 0.3 is 0 Å². The van der Waals surface area contributed by atoms with Crippen molar-refractivity contribution in [3.63, 3.8) is 0 Å². The Labute approximate surface area is 189 Å². The molecule has 1 atom stereocenters. The van der Waals surface area contributed by atoms with Gasteiger partial charge in [0.25, 0.3) is 10.0 Å². The summed E-state index contributed by atoms with van der Waals surface area (Å²) in [6.45, 7) is 3.52. The van der Waals surface area contributed by atoms with Gasteiger partial charge in [-0.2, -0.15) is 0 Å². The molecule has 3 rings (SSSR count). The van der Waals surface area contributed by atoms with Crippen LogP contribution in [-0.4, -0.2) is 28.0 Å². The van der Waals surface area contributed by atoms with Crippen molar-refractivity contribution < 1.29 is 17.9 Å². The van der Waals surface area contributed by atoms with E-state index in [2.05, 4.69) is 5.32 Å². The number of carbonyl (C=O) groups excluding carboxylic acids is 1. The predicted molar refractivity (Wildman–Crippen MR) is 126 cm³/mol. The molecular weight excluding hydrogens is 424 g/mol. The summed E-state index contributed by atoms with van der Waals surface area (Å²) in [5.41, 5.74) is 2.31. The van der Waals surface area contributed by atoms with E-state index in [0.29, 0.717) is 17.9 Å². The maximum Gasteiger partial charge on any atom is 0.264 e. The van der Waals surface area contributed by atoms with Crippen LogP contribution in [0.5, 0.6) is 5.75 Å². The predicted octanol–water partition coefficient (Wildman–Crippen LogP) is 4.47. The molecule has 0 aliphatic rings. The van der Waals surface area contributed by atoms with Crippen molar-refractivity contribution in [3.05, 3.63) is 90.0 Å². The molecule has 0 spiro atoms. The molecule has 3 aromatic carbocycles. The van der Waals surface area contributed by atoms with Crippen molar-refractivity contribution in [2.75, 3.05) is 18.0 Å². The summed E-state index contributed by atoms with van der Waals surface area (Å²) >= 11 is 0. The average Bonchev–Trinajstić information content (AvgIpc) is 2.82. The van der Waals surface area contributed by atoms with E-state index in [1.54, 1.807) is 48.5 Å². The average molecular weight is 453 g/mol. The van der Waals surface area contributed by atoms with Gasteiger partial charge in [0.05, 0.1) is 23.7 Å². The number of benzene rings is 3. The van der Waals surface area contributed by atoms with E-state index in [4.69, 9.17) is 4.74 Å². The molecule has 7 heteroatoms.